The lowest BCUT2D eigenvalue weighted by atomic mass is 9.95. The summed E-state index contributed by atoms with van der Waals surface area (Å²) < 4.78 is 0. The van der Waals surface area contributed by atoms with Gasteiger partial charge in [-0.3, -0.25) is 14.5 Å². The van der Waals surface area contributed by atoms with Crippen molar-refractivity contribution in [3.63, 3.8) is 0 Å². The van der Waals surface area contributed by atoms with E-state index in [1.165, 1.54) is 36.1 Å². The molecular weight excluding hydrogens is 400 g/mol. The number of benzene rings is 2. The van der Waals surface area contributed by atoms with Crippen LogP contribution in [0.25, 0.3) is 0 Å². The van der Waals surface area contributed by atoms with Crippen LogP contribution in [0, 0.1) is 6.92 Å². The number of anilines is 2. The summed E-state index contributed by atoms with van der Waals surface area (Å²) in [6.45, 7) is 5.47. The molecule has 2 amide bonds. The lowest BCUT2D eigenvalue weighted by molar-refractivity contribution is -0.136. The number of piperidine rings is 1. The van der Waals surface area contributed by atoms with E-state index in [1.54, 1.807) is 6.07 Å². The summed E-state index contributed by atoms with van der Waals surface area (Å²) >= 11 is 0. The number of hydrogen-bond acceptors (Lipinski definition) is 4. The lowest BCUT2D eigenvalue weighted by Gasteiger charge is -2.36. The molecule has 0 saturated carbocycles. The molecule has 0 unspecified atom stereocenters. The first-order valence-corrected chi connectivity index (χ1v) is 11.8. The zero-order valence-electron chi connectivity index (χ0n) is 19.2. The highest BCUT2D eigenvalue weighted by Gasteiger charge is 2.26. The number of para-hydroxylation sites is 1. The van der Waals surface area contributed by atoms with Crippen molar-refractivity contribution in [3.8, 4) is 0 Å². The van der Waals surface area contributed by atoms with Gasteiger partial charge in [0.2, 0.25) is 0 Å². The zero-order valence-corrected chi connectivity index (χ0v) is 19.2. The number of aryl methyl sites for hydroxylation is 2. The monoisotopic (exact) mass is 434 g/mol. The van der Waals surface area contributed by atoms with Crippen molar-refractivity contribution in [1.29, 1.82) is 0 Å². The van der Waals surface area contributed by atoms with Crippen LogP contribution in [0.2, 0.25) is 0 Å². The topological polar surface area (TPSA) is 64.7 Å². The summed E-state index contributed by atoms with van der Waals surface area (Å²) in [6, 6.07) is 14.3. The number of nitrogens with zero attached hydrogens (tertiary/aromatic N) is 2. The molecule has 1 fully saturated rings. The number of rotatable bonds is 5. The molecule has 6 heteroatoms. The second-order valence-electron chi connectivity index (χ2n) is 9.00. The Balaban J connectivity index is 1.47. The van der Waals surface area contributed by atoms with Crippen molar-refractivity contribution >= 4 is 23.2 Å². The molecule has 1 atom stereocenters. The Morgan fingerprint density at radius 2 is 1.75 bits per heavy atom. The average molecular weight is 435 g/mol. The second kappa shape index (κ2) is 10.2. The van der Waals surface area contributed by atoms with Crippen LogP contribution < -0.4 is 15.5 Å². The summed E-state index contributed by atoms with van der Waals surface area (Å²) in [6.07, 6.45) is 5.85. The van der Waals surface area contributed by atoms with Gasteiger partial charge in [-0.2, -0.15) is 0 Å². The normalized spacial score (nSPS) is 17.4. The van der Waals surface area contributed by atoms with Gasteiger partial charge < -0.3 is 15.5 Å². The number of hydrogen-bond donors (Lipinski definition) is 2. The van der Waals surface area contributed by atoms with Gasteiger partial charge in [0, 0.05) is 31.5 Å². The minimum atomic E-state index is -0.622. The predicted octanol–water partition coefficient (Wildman–Crippen LogP) is 3.66. The van der Waals surface area contributed by atoms with Gasteiger partial charge >= 0.3 is 11.8 Å². The number of carbonyl (C=O) groups is 2. The minimum absolute atomic E-state index is 0.0723. The minimum Gasteiger partial charge on any atom is -0.374 e. The van der Waals surface area contributed by atoms with E-state index < -0.39 is 11.8 Å². The van der Waals surface area contributed by atoms with E-state index in [0.717, 1.165) is 38.0 Å². The highest BCUT2D eigenvalue weighted by atomic mass is 16.2. The highest BCUT2D eigenvalue weighted by molar-refractivity contribution is 6.39. The van der Waals surface area contributed by atoms with E-state index in [2.05, 4.69) is 45.7 Å². The third kappa shape index (κ3) is 5.13. The van der Waals surface area contributed by atoms with E-state index in [1.807, 2.05) is 25.1 Å². The van der Waals surface area contributed by atoms with Crippen molar-refractivity contribution in [2.24, 2.45) is 0 Å². The number of amides is 2. The first-order chi connectivity index (χ1) is 15.5. The van der Waals surface area contributed by atoms with Crippen molar-refractivity contribution in [2.75, 3.05) is 43.4 Å². The maximum Gasteiger partial charge on any atom is 0.313 e. The Morgan fingerprint density at radius 1 is 0.969 bits per heavy atom. The summed E-state index contributed by atoms with van der Waals surface area (Å²) in [5.41, 5.74) is 5.50. The fourth-order valence-corrected chi connectivity index (χ4v) is 4.86. The van der Waals surface area contributed by atoms with Gasteiger partial charge in [-0.15, -0.1) is 0 Å². The Bertz CT molecular complexity index is 968. The van der Waals surface area contributed by atoms with Crippen LogP contribution in [-0.4, -0.2) is 49.9 Å². The van der Waals surface area contributed by atoms with Crippen LogP contribution in [0.5, 0.6) is 0 Å². The van der Waals surface area contributed by atoms with E-state index in [4.69, 9.17) is 0 Å². The number of likely N-dealkylation sites (tertiary alicyclic amines) is 1. The Labute approximate surface area is 191 Å². The quantitative estimate of drug-likeness (QED) is 0.705. The molecule has 6 nitrogen and oxygen atoms in total. The van der Waals surface area contributed by atoms with Gasteiger partial charge in [0.25, 0.3) is 0 Å². The number of nitrogens with one attached hydrogen (secondary N) is 2. The molecule has 0 radical (unpaired) electrons. The fraction of sp³-hybridized carbons (Fsp3) is 0.462. The van der Waals surface area contributed by atoms with E-state index in [9.17, 15) is 9.59 Å². The Kier molecular flexibility index (Phi) is 7.10. The Morgan fingerprint density at radius 3 is 2.53 bits per heavy atom. The first-order valence-electron chi connectivity index (χ1n) is 11.8. The summed E-state index contributed by atoms with van der Waals surface area (Å²) in [4.78, 5) is 29.9. The highest BCUT2D eigenvalue weighted by Crippen LogP contribution is 2.31. The third-order valence-corrected chi connectivity index (χ3v) is 6.73. The number of fused-ring (bicyclic) bond motifs is 1. The standard InChI is InChI=1S/C26H34N4O2/c1-19-9-4-5-11-22(19)28-26(32)25(31)27-18-24(30-15-6-3-7-16-30)21-12-13-23-20(17-21)10-8-14-29(23)2/h4-5,9,11-13,17,24H,3,6-8,10,14-16,18H2,1-2H3,(H,27,31)(H,28,32)/t24-/m1/s1. The maximum absolute atomic E-state index is 12.6. The molecule has 0 aromatic heterocycles. The summed E-state index contributed by atoms with van der Waals surface area (Å²) in [5, 5.41) is 5.63. The molecule has 0 spiro atoms. The molecule has 2 aromatic rings. The third-order valence-electron chi connectivity index (χ3n) is 6.73. The van der Waals surface area contributed by atoms with Crippen LogP contribution in [-0.2, 0) is 16.0 Å². The van der Waals surface area contributed by atoms with Crippen LogP contribution in [0.4, 0.5) is 11.4 Å². The summed E-state index contributed by atoms with van der Waals surface area (Å²) in [5.74, 6) is -1.21. The fourth-order valence-electron chi connectivity index (χ4n) is 4.86. The molecule has 2 aliphatic heterocycles. The van der Waals surface area contributed by atoms with Gasteiger partial charge in [0.1, 0.15) is 0 Å². The van der Waals surface area contributed by atoms with Crippen LogP contribution in [0.3, 0.4) is 0 Å². The van der Waals surface area contributed by atoms with Crippen molar-refractivity contribution < 1.29 is 9.59 Å². The second-order valence-corrected chi connectivity index (χ2v) is 9.00. The van der Waals surface area contributed by atoms with Crippen LogP contribution in [0.15, 0.2) is 42.5 Å². The average Bonchev–Trinajstić information content (AvgIpc) is 2.81. The maximum atomic E-state index is 12.6. The lowest BCUT2D eigenvalue weighted by Crippen LogP contribution is -2.43. The van der Waals surface area contributed by atoms with E-state index >= 15 is 0 Å². The zero-order chi connectivity index (χ0) is 22.5. The molecule has 170 valence electrons. The molecule has 1 saturated heterocycles. The van der Waals surface area contributed by atoms with Crippen molar-refractivity contribution in [3.05, 3.63) is 59.2 Å². The molecule has 0 aliphatic carbocycles. The first kappa shape index (κ1) is 22.3. The molecule has 2 N–H and O–H groups in total. The van der Waals surface area contributed by atoms with Gasteiger partial charge in [-0.1, -0.05) is 36.8 Å². The molecule has 4 rings (SSSR count). The smallest absolute Gasteiger partial charge is 0.313 e. The van der Waals surface area contributed by atoms with Crippen molar-refractivity contribution in [1.82, 2.24) is 10.2 Å². The van der Waals surface area contributed by atoms with Crippen molar-refractivity contribution in [2.45, 2.75) is 45.1 Å². The van der Waals surface area contributed by atoms with E-state index in [0.29, 0.717) is 12.2 Å². The van der Waals surface area contributed by atoms with Gasteiger partial charge in [-0.05, 0) is 74.5 Å². The molecule has 0 bridgehead atoms. The van der Waals surface area contributed by atoms with Gasteiger partial charge in [-0.25, -0.2) is 0 Å². The predicted molar refractivity (Wildman–Crippen MR) is 129 cm³/mol. The molecule has 2 aromatic carbocycles. The Hall–Kier alpha value is -2.86. The van der Waals surface area contributed by atoms with E-state index in [-0.39, 0.29) is 6.04 Å². The molecule has 2 aliphatic rings. The van der Waals surface area contributed by atoms with Crippen LogP contribution in [0.1, 0.15) is 48.4 Å². The van der Waals surface area contributed by atoms with Gasteiger partial charge in [0.15, 0.2) is 0 Å². The largest absolute Gasteiger partial charge is 0.374 e. The number of carbonyl (C=O) groups excluding carboxylic acids is 2. The van der Waals surface area contributed by atoms with Crippen LogP contribution >= 0.6 is 0 Å². The van der Waals surface area contributed by atoms with Gasteiger partial charge in [0.05, 0.1) is 6.04 Å². The molecule has 2 heterocycles. The SMILES string of the molecule is Cc1ccccc1NC(=O)C(=O)NC[C@H](c1ccc2c(c1)CCCN2C)N1CCCCC1. The molecule has 32 heavy (non-hydrogen) atoms. The summed E-state index contributed by atoms with van der Waals surface area (Å²) in [7, 11) is 2.15. The molecular formula is C26H34N4O2.